The Labute approximate surface area is 156 Å². The minimum Gasteiger partial charge on any atom is -0.496 e. The van der Waals surface area contributed by atoms with Crippen LogP contribution in [0.25, 0.3) is 10.9 Å². The predicted octanol–water partition coefficient (Wildman–Crippen LogP) is 3.44. The topological polar surface area (TPSA) is 79.0 Å². The zero-order valence-corrected chi connectivity index (χ0v) is 15.8. The molecule has 0 spiro atoms. The van der Waals surface area contributed by atoms with Gasteiger partial charge in [-0.2, -0.15) is 0 Å². The summed E-state index contributed by atoms with van der Waals surface area (Å²) in [4.78, 5) is 16.4. The Morgan fingerprint density at radius 2 is 1.33 bits per heavy atom. The first-order chi connectivity index (χ1) is 13.1. The van der Waals surface area contributed by atoms with E-state index in [9.17, 15) is 4.79 Å². The van der Waals surface area contributed by atoms with E-state index in [0.29, 0.717) is 50.8 Å². The lowest BCUT2D eigenvalue weighted by atomic mass is 10.0. The van der Waals surface area contributed by atoms with Crippen LogP contribution in [0.5, 0.6) is 28.7 Å². The molecule has 0 aliphatic rings. The molecule has 0 saturated heterocycles. The standard InChI is InChI=1S/C20H21NO6/c1-23-13-6-7-14(24-2)18-17(13)12(10-21-18)19(22)11-8-15(25-3)20(27-5)16(9-11)26-4/h6-10,21H,1-5H3. The number of methoxy groups -OCH3 is 5. The highest BCUT2D eigenvalue weighted by molar-refractivity contribution is 6.18. The molecule has 3 rings (SSSR count). The highest BCUT2D eigenvalue weighted by atomic mass is 16.5. The summed E-state index contributed by atoms with van der Waals surface area (Å²) in [5, 5.41) is 0.649. The average molecular weight is 371 g/mol. The maximum Gasteiger partial charge on any atom is 0.203 e. The summed E-state index contributed by atoms with van der Waals surface area (Å²) in [5.41, 5.74) is 1.54. The Kier molecular flexibility index (Phi) is 5.12. The van der Waals surface area contributed by atoms with E-state index in [1.165, 1.54) is 21.3 Å². The van der Waals surface area contributed by atoms with E-state index in [1.807, 2.05) is 0 Å². The van der Waals surface area contributed by atoms with Crippen LogP contribution in [0.1, 0.15) is 15.9 Å². The zero-order valence-electron chi connectivity index (χ0n) is 15.8. The Morgan fingerprint density at radius 3 is 1.85 bits per heavy atom. The Balaban J connectivity index is 2.20. The van der Waals surface area contributed by atoms with E-state index in [4.69, 9.17) is 23.7 Å². The molecule has 27 heavy (non-hydrogen) atoms. The predicted molar refractivity (Wildman–Crippen MR) is 101 cm³/mol. The minimum atomic E-state index is -0.216. The van der Waals surface area contributed by atoms with Crippen LogP contribution >= 0.6 is 0 Å². The van der Waals surface area contributed by atoms with Crippen LogP contribution in [0.4, 0.5) is 0 Å². The molecule has 0 fully saturated rings. The summed E-state index contributed by atoms with van der Waals surface area (Å²) >= 11 is 0. The van der Waals surface area contributed by atoms with Crippen molar-refractivity contribution in [2.75, 3.05) is 35.5 Å². The number of H-pyrrole nitrogens is 1. The van der Waals surface area contributed by atoms with Crippen LogP contribution in [-0.4, -0.2) is 46.3 Å². The average Bonchev–Trinajstić information content (AvgIpc) is 3.16. The molecule has 0 amide bonds. The second kappa shape index (κ2) is 7.49. The van der Waals surface area contributed by atoms with Gasteiger partial charge in [0.25, 0.3) is 0 Å². The van der Waals surface area contributed by atoms with E-state index in [0.717, 1.165) is 0 Å². The summed E-state index contributed by atoms with van der Waals surface area (Å²) < 4.78 is 26.8. The fourth-order valence-electron chi connectivity index (χ4n) is 3.08. The van der Waals surface area contributed by atoms with E-state index < -0.39 is 0 Å². The number of fused-ring (bicyclic) bond motifs is 1. The number of benzene rings is 2. The quantitative estimate of drug-likeness (QED) is 0.641. The number of hydrogen-bond donors (Lipinski definition) is 1. The van der Waals surface area contributed by atoms with Crippen LogP contribution in [-0.2, 0) is 0 Å². The van der Waals surface area contributed by atoms with Crippen molar-refractivity contribution < 1.29 is 28.5 Å². The SMILES string of the molecule is COc1cc(C(=O)c2c[nH]c3c(OC)ccc(OC)c23)cc(OC)c1OC. The molecule has 0 aliphatic heterocycles. The van der Waals surface area contributed by atoms with E-state index in [-0.39, 0.29) is 5.78 Å². The Bertz CT molecular complexity index is 967. The van der Waals surface area contributed by atoms with Crippen LogP contribution in [0.3, 0.4) is 0 Å². The summed E-state index contributed by atoms with van der Waals surface area (Å²) in [6.45, 7) is 0. The van der Waals surface area contributed by atoms with Gasteiger partial charge in [0.2, 0.25) is 5.75 Å². The largest absolute Gasteiger partial charge is 0.496 e. The molecule has 142 valence electrons. The fraction of sp³-hybridized carbons (Fsp3) is 0.250. The lowest BCUT2D eigenvalue weighted by Gasteiger charge is -2.14. The number of ketones is 1. The third kappa shape index (κ3) is 3.01. The molecular formula is C20H21NO6. The van der Waals surface area contributed by atoms with Crippen molar-refractivity contribution in [3.8, 4) is 28.7 Å². The molecule has 0 radical (unpaired) electrons. The van der Waals surface area contributed by atoms with Gasteiger partial charge in [0.05, 0.1) is 52.0 Å². The van der Waals surface area contributed by atoms with Crippen molar-refractivity contribution in [3.05, 3.63) is 41.6 Å². The molecule has 0 atom stereocenters. The van der Waals surface area contributed by atoms with Gasteiger partial charge in [-0.05, 0) is 24.3 Å². The lowest BCUT2D eigenvalue weighted by Crippen LogP contribution is -2.04. The smallest absolute Gasteiger partial charge is 0.203 e. The number of aromatic nitrogens is 1. The van der Waals surface area contributed by atoms with Gasteiger partial charge in [-0.3, -0.25) is 4.79 Å². The molecule has 1 heterocycles. The molecule has 3 aromatic rings. The van der Waals surface area contributed by atoms with Crippen molar-refractivity contribution in [1.29, 1.82) is 0 Å². The van der Waals surface area contributed by atoms with Crippen molar-refractivity contribution in [2.24, 2.45) is 0 Å². The van der Waals surface area contributed by atoms with Crippen LogP contribution in [0, 0.1) is 0 Å². The number of hydrogen-bond acceptors (Lipinski definition) is 6. The molecule has 0 saturated carbocycles. The van der Waals surface area contributed by atoms with Gasteiger partial charge in [0.15, 0.2) is 17.3 Å². The van der Waals surface area contributed by atoms with Crippen LogP contribution in [0.2, 0.25) is 0 Å². The van der Waals surface area contributed by atoms with Gasteiger partial charge >= 0.3 is 0 Å². The first-order valence-electron chi connectivity index (χ1n) is 8.16. The number of carbonyl (C=O) groups is 1. The summed E-state index contributed by atoms with van der Waals surface area (Å²) in [6, 6.07) is 6.79. The molecule has 0 bridgehead atoms. The Morgan fingerprint density at radius 1 is 0.778 bits per heavy atom. The molecular weight excluding hydrogens is 350 g/mol. The van der Waals surface area contributed by atoms with Crippen molar-refractivity contribution >= 4 is 16.7 Å². The monoisotopic (exact) mass is 371 g/mol. The third-order valence-electron chi connectivity index (χ3n) is 4.37. The van der Waals surface area contributed by atoms with Crippen molar-refractivity contribution in [1.82, 2.24) is 4.98 Å². The van der Waals surface area contributed by atoms with Gasteiger partial charge in [-0.25, -0.2) is 0 Å². The molecule has 0 aliphatic carbocycles. The summed E-state index contributed by atoms with van der Waals surface area (Å²) in [5.74, 6) is 2.22. The van der Waals surface area contributed by atoms with Gasteiger partial charge in [0.1, 0.15) is 11.5 Å². The number of carbonyl (C=O) groups excluding carboxylic acids is 1. The molecule has 7 nitrogen and oxygen atoms in total. The first-order valence-corrected chi connectivity index (χ1v) is 8.16. The van der Waals surface area contributed by atoms with Crippen LogP contribution in [0.15, 0.2) is 30.5 Å². The molecule has 7 heteroatoms. The normalized spacial score (nSPS) is 10.6. The lowest BCUT2D eigenvalue weighted by molar-refractivity contribution is 0.103. The third-order valence-corrected chi connectivity index (χ3v) is 4.37. The fourth-order valence-corrected chi connectivity index (χ4v) is 3.08. The van der Waals surface area contributed by atoms with Gasteiger partial charge < -0.3 is 28.7 Å². The zero-order chi connectivity index (χ0) is 19.6. The molecule has 1 N–H and O–H groups in total. The highest BCUT2D eigenvalue weighted by Crippen LogP contribution is 2.40. The van der Waals surface area contributed by atoms with E-state index >= 15 is 0 Å². The summed E-state index contributed by atoms with van der Waals surface area (Å²) in [7, 11) is 7.65. The number of rotatable bonds is 7. The number of aromatic amines is 1. The number of ether oxygens (including phenoxy) is 5. The second-order valence-electron chi connectivity index (χ2n) is 5.67. The van der Waals surface area contributed by atoms with E-state index in [1.54, 1.807) is 44.7 Å². The van der Waals surface area contributed by atoms with Gasteiger partial charge in [-0.1, -0.05) is 0 Å². The molecule has 2 aromatic carbocycles. The van der Waals surface area contributed by atoms with Gasteiger partial charge in [-0.15, -0.1) is 0 Å². The molecule has 0 unspecified atom stereocenters. The maximum absolute atomic E-state index is 13.3. The van der Waals surface area contributed by atoms with Gasteiger partial charge in [0, 0.05) is 11.8 Å². The Hall–Kier alpha value is -3.35. The highest BCUT2D eigenvalue weighted by Gasteiger charge is 2.23. The van der Waals surface area contributed by atoms with Crippen molar-refractivity contribution in [2.45, 2.75) is 0 Å². The van der Waals surface area contributed by atoms with Crippen LogP contribution < -0.4 is 23.7 Å². The summed E-state index contributed by atoms with van der Waals surface area (Å²) in [6.07, 6.45) is 1.64. The first kappa shape index (κ1) is 18.4. The molecule has 1 aromatic heterocycles. The minimum absolute atomic E-state index is 0.216. The second-order valence-corrected chi connectivity index (χ2v) is 5.67. The van der Waals surface area contributed by atoms with Crippen molar-refractivity contribution in [3.63, 3.8) is 0 Å². The maximum atomic E-state index is 13.3. The number of nitrogens with one attached hydrogen (secondary N) is 1. The van der Waals surface area contributed by atoms with E-state index in [2.05, 4.69) is 4.98 Å².